The maximum Gasteiger partial charge on any atom is 0.304 e. The van der Waals surface area contributed by atoms with E-state index in [0.717, 1.165) is 32.1 Å². The Labute approximate surface area is 149 Å². The summed E-state index contributed by atoms with van der Waals surface area (Å²) in [5.41, 5.74) is 0.299. The van der Waals surface area contributed by atoms with Crippen molar-refractivity contribution in [2.45, 2.75) is 58.0 Å². The number of rotatable bonds is 1. The molecule has 6 unspecified atom stereocenters. The average molecular weight is 338 g/mol. The van der Waals surface area contributed by atoms with Crippen molar-refractivity contribution in [2.24, 2.45) is 29.1 Å². The third-order valence-electron chi connectivity index (χ3n) is 7.54. The number of hydrogen-bond donors (Lipinski definition) is 0. The van der Waals surface area contributed by atoms with E-state index in [0.29, 0.717) is 30.1 Å². The minimum absolute atomic E-state index is 0.162. The predicted octanol–water partition coefficient (Wildman–Crippen LogP) is 3.84. The Morgan fingerprint density at radius 1 is 1.32 bits per heavy atom. The van der Waals surface area contributed by atoms with Gasteiger partial charge in [-0.15, -0.1) is 6.42 Å². The molecule has 0 aliphatic heterocycles. The van der Waals surface area contributed by atoms with Gasteiger partial charge in [0.2, 0.25) is 0 Å². The van der Waals surface area contributed by atoms with Gasteiger partial charge in [0.15, 0.2) is 11.4 Å². The van der Waals surface area contributed by atoms with Crippen molar-refractivity contribution in [2.75, 3.05) is 0 Å². The highest BCUT2D eigenvalue weighted by Crippen LogP contribution is 2.64. The number of allylic oxidation sites excluding steroid dienone is 4. The van der Waals surface area contributed by atoms with Gasteiger partial charge < -0.3 is 4.74 Å². The van der Waals surface area contributed by atoms with E-state index in [-0.39, 0.29) is 17.2 Å². The van der Waals surface area contributed by atoms with Crippen molar-refractivity contribution in [3.63, 3.8) is 0 Å². The SMILES string of the molecule is C#CC1(OC(C)=O)CCC2C3C=CC4=CC(=O)CCC4C3CCC21C. The van der Waals surface area contributed by atoms with Gasteiger partial charge in [0.1, 0.15) is 0 Å². The second-order valence-corrected chi connectivity index (χ2v) is 8.52. The lowest BCUT2D eigenvalue weighted by molar-refractivity contribution is -0.166. The third-order valence-corrected chi connectivity index (χ3v) is 7.54. The van der Waals surface area contributed by atoms with Crippen molar-refractivity contribution < 1.29 is 14.3 Å². The lowest BCUT2D eigenvalue weighted by Crippen LogP contribution is -2.53. The summed E-state index contributed by atoms with van der Waals surface area (Å²) < 4.78 is 5.77. The fraction of sp³-hybridized carbons (Fsp3) is 0.636. The smallest absolute Gasteiger partial charge is 0.304 e. The maximum atomic E-state index is 11.8. The van der Waals surface area contributed by atoms with Crippen LogP contribution in [0.25, 0.3) is 0 Å². The van der Waals surface area contributed by atoms with Crippen LogP contribution in [-0.2, 0) is 14.3 Å². The normalized spacial score (nSPS) is 44.8. The number of ether oxygens (including phenoxy) is 1. The van der Waals surface area contributed by atoms with Crippen molar-refractivity contribution in [1.82, 2.24) is 0 Å². The third kappa shape index (κ3) is 2.26. The summed E-state index contributed by atoms with van der Waals surface area (Å²) in [6.07, 6.45) is 17.7. The van der Waals surface area contributed by atoms with Crippen LogP contribution in [0.1, 0.15) is 52.4 Å². The quantitative estimate of drug-likeness (QED) is 0.539. The standard InChI is InChI=1S/C22H26O3/c1-4-22(25-14(2)23)12-10-20-19-7-5-15-13-16(24)6-8-17(15)18(19)9-11-21(20,22)3/h1,5,7,13,17-20H,6,8-12H2,2-3H3. The van der Waals surface area contributed by atoms with E-state index in [1.807, 2.05) is 6.08 Å². The molecule has 0 radical (unpaired) electrons. The summed E-state index contributed by atoms with van der Waals surface area (Å²) in [6, 6.07) is 0. The molecule has 25 heavy (non-hydrogen) atoms. The topological polar surface area (TPSA) is 43.4 Å². The summed E-state index contributed by atoms with van der Waals surface area (Å²) in [6.45, 7) is 3.69. The fourth-order valence-corrected chi connectivity index (χ4v) is 6.33. The zero-order valence-electron chi connectivity index (χ0n) is 15.1. The van der Waals surface area contributed by atoms with Gasteiger partial charge in [-0.1, -0.05) is 25.0 Å². The molecular weight excluding hydrogens is 312 g/mol. The van der Waals surface area contributed by atoms with Gasteiger partial charge in [0, 0.05) is 18.8 Å². The molecule has 0 N–H and O–H groups in total. The van der Waals surface area contributed by atoms with Crippen molar-refractivity contribution in [3.05, 3.63) is 23.8 Å². The molecule has 0 heterocycles. The maximum absolute atomic E-state index is 11.8. The lowest BCUT2D eigenvalue weighted by atomic mass is 9.52. The van der Waals surface area contributed by atoms with E-state index in [4.69, 9.17) is 11.2 Å². The summed E-state index contributed by atoms with van der Waals surface area (Å²) in [5, 5.41) is 0. The van der Waals surface area contributed by atoms with Gasteiger partial charge in [-0.3, -0.25) is 9.59 Å². The van der Waals surface area contributed by atoms with E-state index >= 15 is 0 Å². The van der Waals surface area contributed by atoms with Gasteiger partial charge in [-0.05, 0) is 67.4 Å². The minimum Gasteiger partial charge on any atom is -0.445 e. The van der Waals surface area contributed by atoms with Crippen molar-refractivity contribution in [3.8, 4) is 12.3 Å². The van der Waals surface area contributed by atoms with E-state index in [1.165, 1.54) is 12.5 Å². The van der Waals surface area contributed by atoms with Crippen LogP contribution in [0.5, 0.6) is 0 Å². The molecule has 2 fully saturated rings. The average Bonchev–Trinajstić information content (AvgIpc) is 2.87. The minimum atomic E-state index is -0.763. The number of hydrogen-bond acceptors (Lipinski definition) is 3. The highest BCUT2D eigenvalue weighted by molar-refractivity contribution is 5.91. The molecule has 3 nitrogen and oxygen atoms in total. The monoisotopic (exact) mass is 338 g/mol. The van der Waals surface area contributed by atoms with Crippen LogP contribution in [0.3, 0.4) is 0 Å². The molecule has 4 rings (SSSR count). The molecule has 3 heteroatoms. The van der Waals surface area contributed by atoms with E-state index in [9.17, 15) is 9.59 Å². The number of ketones is 1. The van der Waals surface area contributed by atoms with Crippen LogP contribution in [0, 0.1) is 41.4 Å². The molecular formula is C22H26O3. The molecule has 2 saturated carbocycles. The van der Waals surface area contributed by atoms with Gasteiger partial charge in [0.05, 0.1) is 0 Å². The molecule has 0 amide bonds. The Hall–Kier alpha value is -1.82. The Morgan fingerprint density at radius 3 is 2.84 bits per heavy atom. The molecule has 0 saturated heterocycles. The first-order valence-corrected chi connectivity index (χ1v) is 9.50. The highest BCUT2D eigenvalue weighted by atomic mass is 16.6. The predicted molar refractivity (Wildman–Crippen MR) is 95.3 cm³/mol. The molecule has 0 aromatic rings. The van der Waals surface area contributed by atoms with Crippen LogP contribution in [0.4, 0.5) is 0 Å². The van der Waals surface area contributed by atoms with Crippen LogP contribution in [0.2, 0.25) is 0 Å². The van der Waals surface area contributed by atoms with E-state index in [1.54, 1.807) is 0 Å². The van der Waals surface area contributed by atoms with Crippen LogP contribution < -0.4 is 0 Å². The first-order valence-electron chi connectivity index (χ1n) is 9.50. The molecule has 6 atom stereocenters. The Balaban J connectivity index is 1.69. The van der Waals surface area contributed by atoms with Gasteiger partial charge in [-0.25, -0.2) is 0 Å². The second kappa shape index (κ2) is 5.59. The van der Waals surface area contributed by atoms with Crippen LogP contribution in [-0.4, -0.2) is 17.4 Å². The van der Waals surface area contributed by atoms with E-state index < -0.39 is 5.60 Å². The Bertz CT molecular complexity index is 724. The first-order chi connectivity index (χ1) is 11.9. The summed E-state index contributed by atoms with van der Waals surface area (Å²) in [5.74, 6) is 4.87. The zero-order valence-corrected chi connectivity index (χ0v) is 15.1. The molecule has 0 aromatic carbocycles. The second-order valence-electron chi connectivity index (χ2n) is 8.52. The number of terminal acetylenes is 1. The number of esters is 1. The Kier molecular flexibility index (Phi) is 3.72. The summed E-state index contributed by atoms with van der Waals surface area (Å²) in [4.78, 5) is 23.5. The number of carbonyl (C=O) groups excluding carboxylic acids is 2. The van der Waals surface area contributed by atoms with Crippen molar-refractivity contribution >= 4 is 11.8 Å². The number of carbonyl (C=O) groups is 2. The molecule has 0 spiro atoms. The van der Waals surface area contributed by atoms with E-state index in [2.05, 4.69) is 25.0 Å². The van der Waals surface area contributed by atoms with Crippen molar-refractivity contribution in [1.29, 1.82) is 0 Å². The fourth-order valence-electron chi connectivity index (χ4n) is 6.33. The summed E-state index contributed by atoms with van der Waals surface area (Å²) >= 11 is 0. The molecule has 0 bridgehead atoms. The molecule has 4 aliphatic carbocycles. The van der Waals surface area contributed by atoms with Crippen LogP contribution in [0.15, 0.2) is 23.8 Å². The molecule has 4 aliphatic rings. The van der Waals surface area contributed by atoms with Gasteiger partial charge >= 0.3 is 5.97 Å². The molecule has 0 aromatic heterocycles. The first kappa shape index (κ1) is 16.6. The largest absolute Gasteiger partial charge is 0.445 e. The zero-order chi connectivity index (χ0) is 17.8. The van der Waals surface area contributed by atoms with Gasteiger partial charge in [-0.2, -0.15) is 0 Å². The molecule has 132 valence electrons. The number of fused-ring (bicyclic) bond motifs is 5. The summed E-state index contributed by atoms with van der Waals surface area (Å²) in [7, 11) is 0. The lowest BCUT2D eigenvalue weighted by Gasteiger charge is -2.53. The highest BCUT2D eigenvalue weighted by Gasteiger charge is 2.63. The van der Waals surface area contributed by atoms with Gasteiger partial charge in [0.25, 0.3) is 0 Å². The van der Waals surface area contributed by atoms with Crippen LogP contribution >= 0.6 is 0 Å². The Morgan fingerprint density at radius 2 is 2.12 bits per heavy atom.